The molecule has 35 heavy (non-hydrogen) atoms. The van der Waals surface area contributed by atoms with Gasteiger partial charge in [0.05, 0.1) is 13.5 Å². The van der Waals surface area contributed by atoms with E-state index in [4.69, 9.17) is 10.5 Å². The molecule has 0 fully saturated rings. The van der Waals surface area contributed by atoms with Crippen LogP contribution in [0.4, 0.5) is 20.6 Å². The van der Waals surface area contributed by atoms with Crippen molar-refractivity contribution in [2.45, 2.75) is 25.4 Å². The molecule has 1 atom stereocenters. The molecule has 0 saturated heterocycles. The minimum Gasteiger partial charge on any atom is -0.480 e. The monoisotopic (exact) mass is 479 g/mol. The van der Waals surface area contributed by atoms with E-state index in [1.165, 1.54) is 43.5 Å². The van der Waals surface area contributed by atoms with Gasteiger partial charge in [0.25, 0.3) is 0 Å². The normalized spacial score (nSPS) is 11.4. The van der Waals surface area contributed by atoms with Crippen LogP contribution in [0.1, 0.15) is 16.7 Å². The molecule has 0 bridgehead atoms. The van der Waals surface area contributed by atoms with Gasteiger partial charge in [0.2, 0.25) is 5.91 Å². The first kappa shape index (κ1) is 25.4. The molecule has 0 aliphatic heterocycles. The van der Waals surface area contributed by atoms with E-state index in [0.29, 0.717) is 29.0 Å². The van der Waals surface area contributed by atoms with Crippen LogP contribution in [-0.2, 0) is 33.7 Å². The topological polar surface area (TPSA) is 122 Å². The van der Waals surface area contributed by atoms with Crippen molar-refractivity contribution in [3.8, 4) is 0 Å². The number of rotatable bonds is 9. The Morgan fingerprint density at radius 1 is 0.943 bits per heavy atom. The number of nitrogens with zero attached hydrogens (tertiary/aromatic N) is 1. The fraction of sp³-hybridized carbons (Fsp3) is 0.192. The van der Waals surface area contributed by atoms with Crippen molar-refractivity contribution in [2.75, 3.05) is 17.3 Å². The molecule has 3 aromatic carbocycles. The summed E-state index contributed by atoms with van der Waals surface area (Å²) in [4.78, 5) is 38.1. The lowest BCUT2D eigenvalue weighted by atomic mass is 10.0. The van der Waals surface area contributed by atoms with Gasteiger partial charge in [0, 0.05) is 24.3 Å². The minimum atomic E-state index is -1.23. The highest BCUT2D eigenvalue weighted by molar-refractivity contribution is 5.96. The number of methoxy groups -OCH3 is 1. The van der Waals surface area contributed by atoms with Crippen molar-refractivity contribution in [2.24, 2.45) is 5.73 Å². The van der Waals surface area contributed by atoms with Gasteiger partial charge >= 0.3 is 12.1 Å². The summed E-state index contributed by atoms with van der Waals surface area (Å²) >= 11 is 0. The molecular formula is C26H26FN3O5. The van der Waals surface area contributed by atoms with Crippen LogP contribution >= 0.6 is 0 Å². The molecule has 0 unspecified atom stereocenters. The Labute approximate surface area is 202 Å². The van der Waals surface area contributed by atoms with Crippen molar-refractivity contribution < 1.29 is 28.6 Å². The molecule has 0 spiro atoms. The van der Waals surface area contributed by atoms with Crippen LogP contribution in [0.25, 0.3) is 0 Å². The smallest absolute Gasteiger partial charge is 0.414 e. The number of carbonyl (C=O) groups is 3. The molecule has 2 amide bonds. The van der Waals surface area contributed by atoms with Crippen LogP contribution in [-0.4, -0.2) is 36.2 Å². The highest BCUT2D eigenvalue weighted by Gasteiger charge is 2.32. The van der Waals surface area contributed by atoms with Gasteiger partial charge in [0.1, 0.15) is 11.9 Å². The zero-order chi connectivity index (χ0) is 25.4. The SMILES string of the molecule is COC(=O)N(c1ccc(NC(=O)Cc2ccc(F)cc2)cc1)[C@@H](Cc1ccc(CN)cc1)C(=O)O. The maximum Gasteiger partial charge on any atom is 0.414 e. The summed E-state index contributed by atoms with van der Waals surface area (Å²) in [6, 6.07) is 17.7. The molecule has 182 valence electrons. The van der Waals surface area contributed by atoms with E-state index in [0.717, 1.165) is 10.5 Å². The molecule has 4 N–H and O–H groups in total. The Balaban J connectivity index is 1.76. The van der Waals surface area contributed by atoms with Crippen LogP contribution in [0.3, 0.4) is 0 Å². The molecule has 8 nitrogen and oxygen atoms in total. The van der Waals surface area contributed by atoms with Gasteiger partial charge in [0.15, 0.2) is 0 Å². The number of anilines is 2. The zero-order valence-electron chi connectivity index (χ0n) is 19.1. The zero-order valence-corrected chi connectivity index (χ0v) is 19.1. The predicted octanol–water partition coefficient (Wildman–Crippen LogP) is 3.73. The summed E-state index contributed by atoms with van der Waals surface area (Å²) in [7, 11) is 1.17. The third kappa shape index (κ3) is 6.87. The van der Waals surface area contributed by atoms with Gasteiger partial charge in [-0.05, 0) is 53.1 Å². The number of carbonyl (C=O) groups excluding carboxylic acids is 2. The Morgan fingerprint density at radius 2 is 1.51 bits per heavy atom. The first-order chi connectivity index (χ1) is 16.8. The van der Waals surface area contributed by atoms with Gasteiger partial charge in [-0.25, -0.2) is 14.0 Å². The molecule has 9 heteroatoms. The molecule has 0 aliphatic rings. The van der Waals surface area contributed by atoms with E-state index in [1.54, 1.807) is 36.4 Å². The fourth-order valence-electron chi connectivity index (χ4n) is 3.53. The van der Waals surface area contributed by atoms with Crippen LogP contribution in [0, 0.1) is 5.82 Å². The molecule has 3 aromatic rings. The number of nitrogens with two attached hydrogens (primary N) is 1. The number of ether oxygens (including phenoxy) is 1. The summed E-state index contributed by atoms with van der Waals surface area (Å²) in [6.07, 6.45) is -0.727. The number of hydrogen-bond acceptors (Lipinski definition) is 5. The Kier molecular flexibility index (Phi) is 8.53. The molecular weight excluding hydrogens is 453 g/mol. The van der Waals surface area contributed by atoms with E-state index < -0.39 is 18.1 Å². The quantitative estimate of drug-likeness (QED) is 0.430. The van der Waals surface area contributed by atoms with Crippen LogP contribution in [0.15, 0.2) is 72.8 Å². The molecule has 0 saturated carbocycles. The fourth-order valence-corrected chi connectivity index (χ4v) is 3.53. The molecule has 0 aliphatic carbocycles. The third-order valence-corrected chi connectivity index (χ3v) is 5.36. The van der Waals surface area contributed by atoms with Gasteiger partial charge in [-0.15, -0.1) is 0 Å². The van der Waals surface area contributed by atoms with Crippen molar-refractivity contribution in [1.82, 2.24) is 0 Å². The van der Waals surface area contributed by atoms with E-state index in [1.807, 2.05) is 0 Å². The number of benzene rings is 3. The van der Waals surface area contributed by atoms with Crippen molar-refractivity contribution in [3.63, 3.8) is 0 Å². The Hall–Kier alpha value is -4.24. The summed E-state index contributed by atoms with van der Waals surface area (Å²) < 4.78 is 17.9. The average Bonchev–Trinajstić information content (AvgIpc) is 2.86. The largest absolute Gasteiger partial charge is 0.480 e. The van der Waals surface area contributed by atoms with Crippen molar-refractivity contribution in [3.05, 3.63) is 95.3 Å². The van der Waals surface area contributed by atoms with Crippen molar-refractivity contribution >= 4 is 29.3 Å². The van der Waals surface area contributed by atoms with E-state index in [2.05, 4.69) is 5.32 Å². The average molecular weight is 480 g/mol. The maximum absolute atomic E-state index is 13.0. The number of carboxylic acids is 1. The first-order valence-corrected chi connectivity index (χ1v) is 10.8. The molecule has 0 heterocycles. The molecule has 0 aromatic heterocycles. The number of nitrogens with one attached hydrogen (secondary N) is 1. The van der Waals surface area contributed by atoms with Crippen LogP contribution < -0.4 is 16.0 Å². The Morgan fingerprint density at radius 3 is 2.06 bits per heavy atom. The number of hydrogen-bond donors (Lipinski definition) is 3. The Bertz CT molecular complexity index is 1170. The van der Waals surface area contributed by atoms with Gasteiger partial charge < -0.3 is 20.9 Å². The van der Waals surface area contributed by atoms with Crippen molar-refractivity contribution in [1.29, 1.82) is 0 Å². The highest BCUT2D eigenvalue weighted by Crippen LogP contribution is 2.24. The van der Waals surface area contributed by atoms with Crippen LogP contribution in [0.2, 0.25) is 0 Å². The second-order valence-corrected chi connectivity index (χ2v) is 7.82. The lowest BCUT2D eigenvalue weighted by Crippen LogP contribution is -2.46. The highest BCUT2D eigenvalue weighted by atomic mass is 19.1. The van der Waals surface area contributed by atoms with Crippen LogP contribution in [0.5, 0.6) is 0 Å². The number of aliphatic carboxylic acids is 1. The van der Waals surface area contributed by atoms with Gasteiger partial charge in [-0.2, -0.15) is 0 Å². The number of halogens is 1. The lowest BCUT2D eigenvalue weighted by molar-refractivity contribution is -0.138. The van der Waals surface area contributed by atoms with Gasteiger partial charge in [-0.1, -0.05) is 36.4 Å². The number of amides is 2. The second-order valence-electron chi connectivity index (χ2n) is 7.82. The predicted molar refractivity (Wildman–Crippen MR) is 130 cm³/mol. The standard InChI is InChI=1S/C26H26FN3O5/c1-35-26(34)30(23(25(32)33)14-17-2-4-19(16-28)5-3-17)22-12-10-21(11-13-22)29-24(31)15-18-6-8-20(27)9-7-18/h2-13,23H,14-16,28H2,1H3,(H,29,31)(H,32,33)/t23-/m0/s1. The van der Waals surface area contributed by atoms with E-state index in [-0.39, 0.29) is 24.6 Å². The molecule has 3 rings (SSSR count). The summed E-state index contributed by atoms with van der Waals surface area (Å²) in [6.45, 7) is 0.365. The maximum atomic E-state index is 13.0. The van der Waals surface area contributed by atoms with Gasteiger partial charge in [-0.3, -0.25) is 9.69 Å². The number of carboxylic acid groups (broad SMARTS) is 1. The summed E-state index contributed by atoms with van der Waals surface area (Å²) in [5.41, 5.74) is 8.63. The summed E-state index contributed by atoms with van der Waals surface area (Å²) in [5, 5.41) is 12.6. The molecule has 0 radical (unpaired) electrons. The third-order valence-electron chi connectivity index (χ3n) is 5.36. The second kappa shape index (κ2) is 11.8. The minimum absolute atomic E-state index is 0.0471. The van der Waals surface area contributed by atoms with E-state index >= 15 is 0 Å². The first-order valence-electron chi connectivity index (χ1n) is 10.8. The lowest BCUT2D eigenvalue weighted by Gasteiger charge is -2.28. The summed E-state index contributed by atoms with van der Waals surface area (Å²) in [5.74, 6) is -1.89. The van der Waals surface area contributed by atoms with E-state index in [9.17, 15) is 23.9 Å².